The lowest BCUT2D eigenvalue weighted by molar-refractivity contribution is 0.484. The molecule has 5 nitrogen and oxygen atoms in total. The van der Waals surface area contributed by atoms with Crippen molar-refractivity contribution in [3.63, 3.8) is 0 Å². The van der Waals surface area contributed by atoms with Crippen LogP contribution in [0.4, 0.5) is 17.1 Å². The van der Waals surface area contributed by atoms with Gasteiger partial charge in [-0.15, -0.1) is 0 Å². The predicted molar refractivity (Wildman–Crippen MR) is 186 cm³/mol. The van der Waals surface area contributed by atoms with Gasteiger partial charge in [0.2, 0.25) is 0 Å². The van der Waals surface area contributed by atoms with Crippen molar-refractivity contribution in [1.29, 1.82) is 0 Å². The summed E-state index contributed by atoms with van der Waals surface area (Å²) in [4.78, 5) is 4.81. The molecule has 0 bridgehead atoms. The second kappa shape index (κ2) is 10.9. The minimum absolute atomic E-state index is 0.0127. The summed E-state index contributed by atoms with van der Waals surface area (Å²) < 4.78 is 31.9. The molecule has 0 saturated heterocycles. The van der Waals surface area contributed by atoms with Gasteiger partial charge in [-0.2, -0.15) is 0 Å². The average Bonchev–Trinajstić information content (AvgIpc) is 3.30. The molecule has 6 rings (SSSR count). The van der Waals surface area contributed by atoms with Gasteiger partial charge in [0.05, 0.1) is 30.5 Å². The van der Waals surface area contributed by atoms with Crippen LogP contribution in [0, 0.1) is 0 Å². The Balaban J connectivity index is 1.43. The summed E-state index contributed by atoms with van der Waals surface area (Å²) in [5.41, 5.74) is 5.31. The topological polar surface area (TPSA) is 51.1 Å². The number of rotatable bonds is 7. The van der Waals surface area contributed by atoms with Crippen LogP contribution in [-0.2, 0) is 5.41 Å². The first-order chi connectivity index (χ1) is 21.7. The number of nitrogens with one attached hydrogen (secondary N) is 2. The van der Waals surface area contributed by atoms with Gasteiger partial charge in [0.1, 0.15) is 17.3 Å². The van der Waals surface area contributed by atoms with Crippen LogP contribution in [0.25, 0.3) is 27.6 Å². The largest absolute Gasteiger partial charge is 0.457 e. The maximum absolute atomic E-state index is 7.70. The number of para-hydroxylation sites is 3. The highest BCUT2D eigenvalue weighted by atomic mass is 28.3. The first-order valence-electron chi connectivity index (χ1n) is 16.1. The molecule has 6 heteroatoms. The van der Waals surface area contributed by atoms with E-state index in [1.807, 2.05) is 36.5 Å². The van der Waals surface area contributed by atoms with Crippen LogP contribution in [0.1, 0.15) is 30.4 Å². The minimum Gasteiger partial charge on any atom is -0.457 e. The third-order valence-corrected chi connectivity index (χ3v) is 9.86. The van der Waals surface area contributed by atoms with E-state index in [-0.39, 0.29) is 5.41 Å². The van der Waals surface area contributed by atoms with Crippen molar-refractivity contribution in [2.24, 2.45) is 0 Å². The van der Waals surface area contributed by atoms with Crippen molar-refractivity contribution in [2.75, 3.05) is 17.6 Å². The van der Waals surface area contributed by atoms with E-state index in [1.54, 1.807) is 6.07 Å². The quantitative estimate of drug-likeness (QED) is 0.183. The van der Waals surface area contributed by atoms with Gasteiger partial charge >= 0.3 is 0 Å². The van der Waals surface area contributed by atoms with Crippen molar-refractivity contribution >= 4 is 52.1 Å². The third-order valence-electron chi connectivity index (χ3n) is 7.83. The van der Waals surface area contributed by atoms with Crippen LogP contribution >= 0.6 is 0 Å². The summed E-state index contributed by atoms with van der Waals surface area (Å²) in [6.07, 6.45) is 1.89. The Morgan fingerprint density at radius 1 is 0.767 bits per heavy atom. The third kappa shape index (κ3) is 5.75. The standard InChI is InChI=1S/C37H40N4OSi/c1-37(2,3)25-18-19-39-36(20-25)41-34-15-11-8-12-30(34)31-17-16-27(24-35(31)41)42-28-21-26(22-29(23-28)43(5,6)7)40-33-14-10-9-13-32(33)38-4/h8-24,38,40H,1-7H3/i4D3. The van der Waals surface area contributed by atoms with Crippen LogP contribution in [0.3, 0.4) is 0 Å². The van der Waals surface area contributed by atoms with E-state index in [4.69, 9.17) is 13.8 Å². The Labute approximate surface area is 259 Å². The van der Waals surface area contributed by atoms with Crippen LogP contribution in [0.5, 0.6) is 11.5 Å². The maximum atomic E-state index is 7.70. The number of ether oxygens (including phenoxy) is 1. The van der Waals surface area contributed by atoms with Crippen LogP contribution in [-0.4, -0.2) is 24.6 Å². The molecule has 4 aromatic carbocycles. The van der Waals surface area contributed by atoms with E-state index in [9.17, 15) is 0 Å². The van der Waals surface area contributed by atoms with Crippen molar-refractivity contribution in [2.45, 2.75) is 45.8 Å². The van der Waals surface area contributed by atoms with E-state index in [0.29, 0.717) is 22.9 Å². The fourth-order valence-electron chi connectivity index (χ4n) is 5.42. The highest BCUT2D eigenvalue weighted by Gasteiger charge is 2.20. The fraction of sp³-hybridized carbons (Fsp3) is 0.216. The molecule has 0 aliphatic carbocycles. The SMILES string of the molecule is [2H]C([2H])([2H])Nc1ccccc1Nc1cc(Oc2ccc3c4ccccc4n(-c4cc(C(C)(C)C)ccn4)c3c2)cc([Si](C)(C)C)c1. The molecule has 0 radical (unpaired) electrons. The molecule has 2 aromatic heterocycles. The molecule has 0 aliphatic rings. The summed E-state index contributed by atoms with van der Waals surface area (Å²) >= 11 is 0. The lowest BCUT2D eigenvalue weighted by Gasteiger charge is -2.21. The van der Waals surface area contributed by atoms with Gasteiger partial charge in [-0.25, -0.2) is 4.98 Å². The Hall–Kier alpha value is -4.55. The van der Waals surface area contributed by atoms with E-state index in [0.717, 1.165) is 33.3 Å². The molecular formula is C37H40N4OSi. The smallest absolute Gasteiger partial charge is 0.137 e. The summed E-state index contributed by atoms with van der Waals surface area (Å²) in [7, 11) is -1.76. The predicted octanol–water partition coefficient (Wildman–Crippen LogP) is 9.60. The zero-order valence-corrected chi connectivity index (χ0v) is 26.6. The Bertz CT molecular complexity index is 2060. The molecule has 0 unspecified atom stereocenters. The molecule has 218 valence electrons. The number of aromatic nitrogens is 2. The van der Waals surface area contributed by atoms with E-state index >= 15 is 0 Å². The molecule has 2 N–H and O–H groups in total. The molecule has 0 aliphatic heterocycles. The highest BCUT2D eigenvalue weighted by Crippen LogP contribution is 2.36. The number of anilines is 3. The zero-order chi connectivity index (χ0) is 32.9. The Morgan fingerprint density at radius 3 is 2.28 bits per heavy atom. The van der Waals surface area contributed by atoms with Crippen molar-refractivity contribution in [3.8, 4) is 17.3 Å². The average molecular weight is 588 g/mol. The van der Waals surface area contributed by atoms with Crippen molar-refractivity contribution < 1.29 is 8.85 Å². The van der Waals surface area contributed by atoms with Gasteiger partial charge in [-0.05, 0) is 65.6 Å². The number of pyridine rings is 1. The first kappa shape index (κ1) is 25.0. The van der Waals surface area contributed by atoms with E-state index < -0.39 is 15.0 Å². The van der Waals surface area contributed by atoms with Crippen LogP contribution in [0.2, 0.25) is 19.6 Å². The van der Waals surface area contributed by atoms with Crippen molar-refractivity contribution in [3.05, 3.63) is 109 Å². The second-order valence-corrected chi connectivity index (χ2v) is 18.2. The molecule has 0 amide bonds. The van der Waals surface area contributed by atoms with Crippen LogP contribution in [0.15, 0.2) is 103 Å². The van der Waals surface area contributed by atoms with Gasteiger partial charge in [0, 0.05) is 45.9 Å². The van der Waals surface area contributed by atoms with E-state index in [2.05, 4.69) is 116 Å². The molecule has 0 fully saturated rings. The first-order valence-corrected chi connectivity index (χ1v) is 18.1. The molecule has 0 spiro atoms. The molecule has 0 atom stereocenters. The van der Waals surface area contributed by atoms with Gasteiger partial charge in [-0.3, -0.25) is 4.57 Å². The number of hydrogen-bond acceptors (Lipinski definition) is 4. The lowest BCUT2D eigenvalue weighted by Crippen LogP contribution is -2.37. The van der Waals surface area contributed by atoms with Crippen molar-refractivity contribution in [1.82, 2.24) is 9.55 Å². The number of benzene rings is 4. The normalized spacial score (nSPS) is 13.4. The maximum Gasteiger partial charge on any atom is 0.137 e. The van der Waals surface area contributed by atoms with Gasteiger partial charge in [0.15, 0.2) is 0 Å². The molecule has 2 heterocycles. The molecule has 43 heavy (non-hydrogen) atoms. The zero-order valence-electron chi connectivity index (χ0n) is 28.6. The van der Waals surface area contributed by atoms with Gasteiger partial charge < -0.3 is 15.4 Å². The summed E-state index contributed by atoms with van der Waals surface area (Å²) in [5, 5.41) is 9.58. The second-order valence-electron chi connectivity index (χ2n) is 13.1. The molecular weight excluding hydrogens is 545 g/mol. The minimum atomic E-state index is -2.31. The summed E-state index contributed by atoms with van der Waals surface area (Å²) in [6.45, 7) is 11.2. The van der Waals surface area contributed by atoms with E-state index in [1.165, 1.54) is 10.8 Å². The lowest BCUT2D eigenvalue weighted by atomic mass is 9.88. The number of hydrogen-bond donors (Lipinski definition) is 2. The fourth-order valence-corrected chi connectivity index (χ4v) is 6.59. The molecule has 6 aromatic rings. The van der Waals surface area contributed by atoms with Gasteiger partial charge in [-0.1, -0.05) is 75.9 Å². The monoisotopic (exact) mass is 587 g/mol. The molecule has 0 saturated carbocycles. The van der Waals surface area contributed by atoms with Gasteiger partial charge in [0.25, 0.3) is 0 Å². The highest BCUT2D eigenvalue weighted by molar-refractivity contribution is 6.88. The van der Waals surface area contributed by atoms with Crippen LogP contribution < -0.4 is 20.6 Å². The summed E-state index contributed by atoms with van der Waals surface area (Å²) in [6, 6.07) is 32.4. The number of fused-ring (bicyclic) bond motifs is 3. The summed E-state index contributed by atoms with van der Waals surface area (Å²) in [5.74, 6) is 2.29. The Morgan fingerprint density at radius 2 is 1.51 bits per heavy atom. The Kier molecular flexibility index (Phi) is 6.36. The number of nitrogens with zero attached hydrogens (tertiary/aromatic N) is 2.